The van der Waals surface area contributed by atoms with Crippen molar-refractivity contribution in [2.75, 3.05) is 11.9 Å². The SMILES string of the molecule is CC1CCCCN1C1CCc2nc(NC(=O)Cc3ccccc3)nn2C1C. The molecule has 1 saturated heterocycles. The number of benzene rings is 1. The Morgan fingerprint density at radius 3 is 2.78 bits per heavy atom. The van der Waals surface area contributed by atoms with Crippen LogP contribution in [0.15, 0.2) is 30.3 Å². The molecule has 1 aromatic carbocycles. The van der Waals surface area contributed by atoms with E-state index in [1.165, 1.54) is 25.8 Å². The smallest absolute Gasteiger partial charge is 0.249 e. The fourth-order valence-electron chi connectivity index (χ4n) is 4.59. The molecule has 144 valence electrons. The van der Waals surface area contributed by atoms with Gasteiger partial charge in [-0.05, 0) is 45.2 Å². The maximum absolute atomic E-state index is 12.3. The van der Waals surface area contributed by atoms with Crippen molar-refractivity contribution in [1.29, 1.82) is 0 Å². The summed E-state index contributed by atoms with van der Waals surface area (Å²) in [6, 6.07) is 11.2. The highest BCUT2D eigenvalue weighted by molar-refractivity contribution is 5.90. The van der Waals surface area contributed by atoms with Crippen LogP contribution in [-0.2, 0) is 17.6 Å². The first-order valence-corrected chi connectivity index (χ1v) is 10.2. The molecular weight excluding hydrogens is 338 g/mol. The lowest BCUT2D eigenvalue weighted by Gasteiger charge is -2.44. The molecule has 1 fully saturated rings. The average molecular weight is 367 g/mol. The van der Waals surface area contributed by atoms with Gasteiger partial charge < -0.3 is 0 Å². The molecule has 1 amide bonds. The zero-order chi connectivity index (χ0) is 18.8. The molecule has 6 heteroatoms. The zero-order valence-electron chi connectivity index (χ0n) is 16.3. The van der Waals surface area contributed by atoms with Crippen LogP contribution in [0.2, 0.25) is 0 Å². The summed E-state index contributed by atoms with van der Waals surface area (Å²) in [6.07, 6.45) is 6.29. The lowest BCUT2D eigenvalue weighted by atomic mass is 9.93. The molecule has 2 aliphatic rings. The summed E-state index contributed by atoms with van der Waals surface area (Å²) in [4.78, 5) is 19.6. The fourth-order valence-corrected chi connectivity index (χ4v) is 4.59. The van der Waals surface area contributed by atoms with Gasteiger partial charge in [0.1, 0.15) is 5.82 Å². The summed E-state index contributed by atoms with van der Waals surface area (Å²) >= 11 is 0. The highest BCUT2D eigenvalue weighted by Crippen LogP contribution is 2.32. The molecule has 0 saturated carbocycles. The zero-order valence-corrected chi connectivity index (χ0v) is 16.3. The summed E-state index contributed by atoms with van der Waals surface area (Å²) < 4.78 is 2.04. The molecule has 2 aromatic rings. The van der Waals surface area contributed by atoms with Gasteiger partial charge in [-0.2, -0.15) is 4.98 Å². The average Bonchev–Trinajstić information content (AvgIpc) is 3.07. The molecular formula is C21H29N5O. The number of anilines is 1. The van der Waals surface area contributed by atoms with Gasteiger partial charge in [0.2, 0.25) is 11.9 Å². The van der Waals surface area contributed by atoms with Crippen molar-refractivity contribution < 1.29 is 4.79 Å². The number of nitrogens with one attached hydrogen (secondary N) is 1. The minimum Gasteiger partial charge on any atom is -0.296 e. The maximum Gasteiger partial charge on any atom is 0.249 e. The van der Waals surface area contributed by atoms with E-state index in [2.05, 4.69) is 34.1 Å². The number of aryl methyl sites for hydroxylation is 1. The number of rotatable bonds is 4. The summed E-state index contributed by atoms with van der Waals surface area (Å²) in [5.74, 6) is 1.35. The summed E-state index contributed by atoms with van der Waals surface area (Å²) in [5, 5.41) is 7.51. The molecule has 1 N–H and O–H groups in total. The van der Waals surface area contributed by atoms with E-state index in [-0.39, 0.29) is 11.9 Å². The van der Waals surface area contributed by atoms with Crippen LogP contribution in [0.4, 0.5) is 5.95 Å². The first kappa shape index (κ1) is 18.2. The van der Waals surface area contributed by atoms with E-state index in [0.717, 1.165) is 24.2 Å². The molecule has 0 radical (unpaired) electrons. The third kappa shape index (κ3) is 3.90. The van der Waals surface area contributed by atoms with E-state index in [1.54, 1.807) is 0 Å². The number of likely N-dealkylation sites (tertiary alicyclic amines) is 1. The largest absolute Gasteiger partial charge is 0.296 e. The normalized spacial score (nSPS) is 25.8. The number of nitrogens with zero attached hydrogens (tertiary/aromatic N) is 4. The van der Waals surface area contributed by atoms with Crippen LogP contribution in [0, 0.1) is 0 Å². The number of hydrogen-bond donors (Lipinski definition) is 1. The maximum atomic E-state index is 12.3. The Morgan fingerprint density at radius 2 is 2.00 bits per heavy atom. The van der Waals surface area contributed by atoms with Gasteiger partial charge in [-0.3, -0.25) is 15.0 Å². The van der Waals surface area contributed by atoms with Crippen molar-refractivity contribution >= 4 is 11.9 Å². The second-order valence-electron chi connectivity index (χ2n) is 7.94. The molecule has 3 heterocycles. The van der Waals surface area contributed by atoms with Crippen molar-refractivity contribution in [3.8, 4) is 0 Å². The quantitative estimate of drug-likeness (QED) is 0.901. The van der Waals surface area contributed by atoms with E-state index in [1.807, 2.05) is 35.0 Å². The number of amides is 1. The Balaban J connectivity index is 1.44. The molecule has 0 aliphatic carbocycles. The summed E-state index contributed by atoms with van der Waals surface area (Å²) in [6.45, 7) is 5.76. The Hall–Kier alpha value is -2.21. The third-order valence-electron chi connectivity index (χ3n) is 6.05. The number of carbonyl (C=O) groups is 1. The number of aromatic nitrogens is 3. The Kier molecular flexibility index (Phi) is 5.25. The fraction of sp³-hybridized carbons (Fsp3) is 0.571. The van der Waals surface area contributed by atoms with Crippen LogP contribution < -0.4 is 5.32 Å². The van der Waals surface area contributed by atoms with Crippen molar-refractivity contribution in [2.24, 2.45) is 0 Å². The van der Waals surface area contributed by atoms with Gasteiger partial charge in [0, 0.05) is 18.5 Å². The minimum absolute atomic E-state index is 0.0713. The first-order valence-electron chi connectivity index (χ1n) is 10.2. The van der Waals surface area contributed by atoms with Crippen molar-refractivity contribution in [3.63, 3.8) is 0 Å². The van der Waals surface area contributed by atoms with E-state index >= 15 is 0 Å². The number of hydrogen-bond acceptors (Lipinski definition) is 4. The standard InChI is InChI=1S/C21H29N5O/c1-15-8-6-7-13-25(15)18-11-12-19-22-21(24-26(19)16(18)2)23-20(27)14-17-9-4-3-5-10-17/h3-5,9-10,15-16,18H,6-8,11-14H2,1-2H3,(H,23,24,27). The number of piperidine rings is 1. The Labute approximate surface area is 161 Å². The predicted molar refractivity (Wildman–Crippen MR) is 106 cm³/mol. The molecule has 4 rings (SSSR count). The van der Waals surface area contributed by atoms with Gasteiger partial charge >= 0.3 is 0 Å². The van der Waals surface area contributed by atoms with E-state index < -0.39 is 0 Å². The molecule has 27 heavy (non-hydrogen) atoms. The summed E-state index contributed by atoms with van der Waals surface area (Å²) in [7, 11) is 0. The van der Waals surface area contributed by atoms with Crippen LogP contribution in [0.25, 0.3) is 0 Å². The monoisotopic (exact) mass is 367 g/mol. The molecule has 0 spiro atoms. The van der Waals surface area contributed by atoms with E-state index in [0.29, 0.717) is 24.5 Å². The highest BCUT2D eigenvalue weighted by Gasteiger charge is 2.35. The lowest BCUT2D eigenvalue weighted by molar-refractivity contribution is -0.115. The molecule has 6 nitrogen and oxygen atoms in total. The Morgan fingerprint density at radius 1 is 1.19 bits per heavy atom. The molecule has 3 atom stereocenters. The van der Waals surface area contributed by atoms with Gasteiger partial charge in [-0.1, -0.05) is 36.8 Å². The van der Waals surface area contributed by atoms with Gasteiger partial charge in [0.15, 0.2) is 0 Å². The number of fused-ring (bicyclic) bond motifs is 1. The van der Waals surface area contributed by atoms with Crippen LogP contribution in [0.3, 0.4) is 0 Å². The second kappa shape index (κ2) is 7.80. The molecule has 2 aliphatic heterocycles. The van der Waals surface area contributed by atoms with Gasteiger partial charge in [0.05, 0.1) is 12.5 Å². The van der Waals surface area contributed by atoms with Gasteiger partial charge in [-0.15, -0.1) is 5.10 Å². The van der Waals surface area contributed by atoms with E-state index in [9.17, 15) is 4.79 Å². The van der Waals surface area contributed by atoms with Crippen molar-refractivity contribution in [1.82, 2.24) is 19.7 Å². The number of carbonyl (C=O) groups excluding carboxylic acids is 1. The highest BCUT2D eigenvalue weighted by atomic mass is 16.1. The molecule has 3 unspecified atom stereocenters. The first-order chi connectivity index (χ1) is 13.1. The van der Waals surface area contributed by atoms with Crippen LogP contribution in [0.1, 0.15) is 57.0 Å². The predicted octanol–water partition coefficient (Wildman–Crippen LogP) is 3.21. The van der Waals surface area contributed by atoms with Gasteiger partial charge in [-0.25, -0.2) is 4.68 Å². The second-order valence-corrected chi connectivity index (χ2v) is 7.94. The van der Waals surface area contributed by atoms with Crippen LogP contribution in [0.5, 0.6) is 0 Å². The van der Waals surface area contributed by atoms with E-state index in [4.69, 9.17) is 0 Å². The third-order valence-corrected chi connectivity index (χ3v) is 6.05. The van der Waals surface area contributed by atoms with Crippen LogP contribution >= 0.6 is 0 Å². The van der Waals surface area contributed by atoms with Crippen LogP contribution in [-0.4, -0.2) is 44.2 Å². The van der Waals surface area contributed by atoms with Crippen molar-refractivity contribution in [2.45, 2.75) is 70.5 Å². The lowest BCUT2D eigenvalue weighted by Crippen LogP contribution is -2.50. The van der Waals surface area contributed by atoms with Crippen molar-refractivity contribution in [3.05, 3.63) is 41.7 Å². The van der Waals surface area contributed by atoms with Gasteiger partial charge in [0.25, 0.3) is 0 Å². The Bertz CT molecular complexity index is 787. The molecule has 1 aromatic heterocycles. The minimum atomic E-state index is -0.0713. The molecule has 0 bridgehead atoms. The topological polar surface area (TPSA) is 63.1 Å². The summed E-state index contributed by atoms with van der Waals surface area (Å²) in [5.41, 5.74) is 0.992.